The van der Waals surface area contributed by atoms with Crippen molar-refractivity contribution in [2.75, 3.05) is 11.4 Å². The molecule has 1 aromatic rings. The number of anilines is 1. The van der Waals surface area contributed by atoms with Crippen LogP contribution in [0.25, 0.3) is 0 Å². The zero-order chi connectivity index (χ0) is 10.7. The Kier molecular flexibility index (Phi) is 2.82. The molecule has 2 heterocycles. The SMILES string of the molecule is CC1CCCCN1c1nnccc1C#N. The molecule has 1 atom stereocenters. The third kappa shape index (κ3) is 1.91. The summed E-state index contributed by atoms with van der Waals surface area (Å²) in [5.41, 5.74) is 0.624. The third-order valence-corrected chi connectivity index (χ3v) is 2.90. The van der Waals surface area contributed by atoms with Crippen molar-refractivity contribution >= 4 is 5.82 Å². The molecule has 1 saturated heterocycles. The number of hydrogen-bond acceptors (Lipinski definition) is 4. The van der Waals surface area contributed by atoms with E-state index in [2.05, 4.69) is 28.1 Å². The van der Waals surface area contributed by atoms with Gasteiger partial charge >= 0.3 is 0 Å². The Hall–Kier alpha value is -1.63. The predicted octanol–water partition coefficient (Wildman–Crippen LogP) is 1.73. The van der Waals surface area contributed by atoms with Gasteiger partial charge in [-0.25, -0.2) is 0 Å². The van der Waals surface area contributed by atoms with E-state index in [1.165, 1.54) is 19.3 Å². The molecule has 0 N–H and O–H groups in total. The molecule has 15 heavy (non-hydrogen) atoms. The van der Waals surface area contributed by atoms with E-state index in [9.17, 15) is 0 Å². The van der Waals surface area contributed by atoms with E-state index in [4.69, 9.17) is 5.26 Å². The van der Waals surface area contributed by atoms with Crippen LogP contribution in [0.5, 0.6) is 0 Å². The van der Waals surface area contributed by atoms with Crippen LogP contribution in [0.1, 0.15) is 31.7 Å². The Bertz CT molecular complexity index is 382. The Morgan fingerprint density at radius 2 is 2.40 bits per heavy atom. The van der Waals surface area contributed by atoms with Gasteiger partial charge in [-0.15, -0.1) is 5.10 Å². The van der Waals surface area contributed by atoms with Gasteiger partial charge in [0.25, 0.3) is 0 Å². The van der Waals surface area contributed by atoms with Gasteiger partial charge in [-0.1, -0.05) is 0 Å². The number of hydrogen-bond donors (Lipinski definition) is 0. The molecular formula is C11H14N4. The Morgan fingerprint density at radius 1 is 1.53 bits per heavy atom. The van der Waals surface area contributed by atoms with Crippen molar-refractivity contribution in [1.82, 2.24) is 10.2 Å². The molecule has 1 aliphatic rings. The molecule has 1 aliphatic heterocycles. The predicted molar refractivity (Wildman–Crippen MR) is 57.4 cm³/mol. The van der Waals surface area contributed by atoms with Gasteiger partial charge in [0, 0.05) is 12.6 Å². The minimum Gasteiger partial charge on any atom is -0.351 e. The maximum Gasteiger partial charge on any atom is 0.169 e. The molecule has 4 nitrogen and oxygen atoms in total. The highest BCUT2D eigenvalue weighted by atomic mass is 15.3. The molecule has 0 aromatic carbocycles. The van der Waals surface area contributed by atoms with Crippen molar-refractivity contribution in [2.24, 2.45) is 0 Å². The van der Waals surface area contributed by atoms with Gasteiger partial charge in [0.1, 0.15) is 6.07 Å². The highest BCUT2D eigenvalue weighted by Gasteiger charge is 2.22. The van der Waals surface area contributed by atoms with Crippen molar-refractivity contribution in [2.45, 2.75) is 32.2 Å². The molecule has 0 spiro atoms. The molecule has 0 bridgehead atoms. The number of nitrogens with zero attached hydrogens (tertiary/aromatic N) is 4. The number of nitriles is 1. The van der Waals surface area contributed by atoms with Crippen molar-refractivity contribution in [3.8, 4) is 6.07 Å². The highest BCUT2D eigenvalue weighted by molar-refractivity contribution is 5.53. The molecule has 1 unspecified atom stereocenters. The fourth-order valence-electron chi connectivity index (χ4n) is 2.04. The lowest BCUT2D eigenvalue weighted by Gasteiger charge is -2.34. The summed E-state index contributed by atoms with van der Waals surface area (Å²) in [5, 5.41) is 16.9. The minimum atomic E-state index is 0.461. The second-order valence-electron chi connectivity index (χ2n) is 3.92. The second kappa shape index (κ2) is 4.26. The second-order valence-corrected chi connectivity index (χ2v) is 3.92. The molecular weight excluding hydrogens is 188 g/mol. The van der Waals surface area contributed by atoms with E-state index in [0.717, 1.165) is 12.4 Å². The van der Waals surface area contributed by atoms with Gasteiger partial charge in [0.05, 0.1) is 11.8 Å². The van der Waals surface area contributed by atoms with Crippen molar-refractivity contribution < 1.29 is 0 Å². The molecule has 0 radical (unpaired) electrons. The minimum absolute atomic E-state index is 0.461. The first-order valence-electron chi connectivity index (χ1n) is 5.31. The Labute approximate surface area is 89.5 Å². The largest absolute Gasteiger partial charge is 0.351 e. The average molecular weight is 202 g/mol. The van der Waals surface area contributed by atoms with Crippen molar-refractivity contribution in [3.63, 3.8) is 0 Å². The lowest BCUT2D eigenvalue weighted by atomic mass is 10.0. The summed E-state index contributed by atoms with van der Waals surface area (Å²) >= 11 is 0. The molecule has 78 valence electrons. The molecule has 0 amide bonds. The fraction of sp³-hybridized carbons (Fsp3) is 0.545. The number of rotatable bonds is 1. The van der Waals surface area contributed by atoms with Gasteiger partial charge in [-0.3, -0.25) is 0 Å². The van der Waals surface area contributed by atoms with Gasteiger partial charge in [-0.2, -0.15) is 10.4 Å². The Balaban J connectivity index is 2.31. The molecule has 1 aromatic heterocycles. The van der Waals surface area contributed by atoms with E-state index in [-0.39, 0.29) is 0 Å². The summed E-state index contributed by atoms with van der Waals surface area (Å²) in [6.07, 6.45) is 5.17. The molecule has 2 rings (SSSR count). The zero-order valence-electron chi connectivity index (χ0n) is 8.85. The maximum absolute atomic E-state index is 8.99. The maximum atomic E-state index is 8.99. The van der Waals surface area contributed by atoms with Gasteiger partial charge < -0.3 is 4.90 Å². The van der Waals surface area contributed by atoms with E-state index in [1.54, 1.807) is 12.3 Å². The van der Waals surface area contributed by atoms with Crippen LogP contribution in [-0.4, -0.2) is 22.8 Å². The number of aromatic nitrogens is 2. The fourth-order valence-corrected chi connectivity index (χ4v) is 2.04. The first-order valence-corrected chi connectivity index (χ1v) is 5.31. The summed E-state index contributed by atoms with van der Waals surface area (Å²) in [5.74, 6) is 0.743. The first kappa shape index (κ1) is 9.91. The standard InChI is InChI=1S/C11H14N4/c1-9-4-2-3-7-15(9)11-10(8-12)5-6-13-14-11/h5-6,9H,2-4,7H2,1H3. The van der Waals surface area contributed by atoms with Crippen LogP contribution in [-0.2, 0) is 0 Å². The van der Waals surface area contributed by atoms with Crippen LogP contribution >= 0.6 is 0 Å². The van der Waals surface area contributed by atoms with Crippen LogP contribution in [0, 0.1) is 11.3 Å². The third-order valence-electron chi connectivity index (χ3n) is 2.90. The van der Waals surface area contributed by atoms with Crippen LogP contribution in [0.15, 0.2) is 12.3 Å². The van der Waals surface area contributed by atoms with Gasteiger partial charge in [0.15, 0.2) is 5.82 Å². The number of piperidine rings is 1. The first-order chi connectivity index (χ1) is 7.33. The van der Waals surface area contributed by atoms with E-state index in [1.807, 2.05) is 0 Å². The zero-order valence-corrected chi connectivity index (χ0v) is 8.85. The van der Waals surface area contributed by atoms with E-state index >= 15 is 0 Å². The summed E-state index contributed by atoms with van der Waals surface area (Å²) in [4.78, 5) is 2.19. The van der Waals surface area contributed by atoms with Crippen molar-refractivity contribution in [1.29, 1.82) is 5.26 Å². The van der Waals surface area contributed by atoms with Crippen LogP contribution < -0.4 is 4.90 Å². The molecule has 0 aliphatic carbocycles. The quantitative estimate of drug-likeness (QED) is 0.696. The van der Waals surface area contributed by atoms with Crippen molar-refractivity contribution in [3.05, 3.63) is 17.8 Å². The molecule has 1 fully saturated rings. The summed E-state index contributed by atoms with van der Waals surface area (Å²) < 4.78 is 0. The van der Waals surface area contributed by atoms with E-state index < -0.39 is 0 Å². The van der Waals surface area contributed by atoms with Gasteiger partial charge in [0.2, 0.25) is 0 Å². The lowest BCUT2D eigenvalue weighted by Crippen LogP contribution is -2.38. The molecule has 4 heteroatoms. The smallest absolute Gasteiger partial charge is 0.169 e. The molecule has 0 saturated carbocycles. The van der Waals surface area contributed by atoms with Crippen LogP contribution in [0.3, 0.4) is 0 Å². The van der Waals surface area contributed by atoms with Crippen LogP contribution in [0.4, 0.5) is 5.82 Å². The van der Waals surface area contributed by atoms with Gasteiger partial charge in [-0.05, 0) is 32.3 Å². The highest BCUT2D eigenvalue weighted by Crippen LogP contribution is 2.24. The lowest BCUT2D eigenvalue weighted by molar-refractivity contribution is 0.479. The Morgan fingerprint density at radius 3 is 3.13 bits per heavy atom. The van der Waals surface area contributed by atoms with Crippen LogP contribution in [0.2, 0.25) is 0 Å². The normalized spacial score (nSPS) is 21.1. The topological polar surface area (TPSA) is 52.8 Å². The average Bonchev–Trinajstić information content (AvgIpc) is 2.30. The summed E-state index contributed by atoms with van der Waals surface area (Å²) in [6, 6.07) is 4.36. The monoisotopic (exact) mass is 202 g/mol. The summed E-state index contributed by atoms with van der Waals surface area (Å²) in [7, 11) is 0. The summed E-state index contributed by atoms with van der Waals surface area (Å²) in [6.45, 7) is 3.16. The van der Waals surface area contributed by atoms with E-state index in [0.29, 0.717) is 11.6 Å².